The van der Waals surface area contributed by atoms with Gasteiger partial charge in [0.25, 0.3) is 0 Å². The number of allylic oxidation sites excluding steroid dienone is 2. The van der Waals surface area contributed by atoms with Gasteiger partial charge in [-0.25, -0.2) is 0 Å². The molecule has 1 heterocycles. The van der Waals surface area contributed by atoms with Crippen LogP contribution in [0.3, 0.4) is 0 Å². The molecule has 1 aromatic heterocycles. The molecule has 2 heteroatoms. The van der Waals surface area contributed by atoms with Gasteiger partial charge in [-0.2, -0.15) is 0 Å². The van der Waals surface area contributed by atoms with E-state index in [-0.39, 0.29) is 0 Å². The van der Waals surface area contributed by atoms with E-state index in [1.807, 2.05) is 25.4 Å². The van der Waals surface area contributed by atoms with Crippen molar-refractivity contribution in [1.82, 2.24) is 5.32 Å². The van der Waals surface area contributed by atoms with Crippen molar-refractivity contribution in [2.45, 2.75) is 72.6 Å². The van der Waals surface area contributed by atoms with Crippen molar-refractivity contribution in [2.75, 3.05) is 14.1 Å². The predicted molar refractivity (Wildman–Crippen MR) is 185 cm³/mol. The summed E-state index contributed by atoms with van der Waals surface area (Å²) in [7, 11) is 3.75. The lowest BCUT2D eigenvalue weighted by atomic mass is 9.73. The third-order valence-electron chi connectivity index (χ3n) is 8.84. The molecule has 0 radical (unpaired) electrons. The third kappa shape index (κ3) is 7.11. The molecular weight excluding hydrogens is 515 g/mol. The number of hydrogen-bond acceptors (Lipinski definition) is 2. The quantitative estimate of drug-likeness (QED) is 0.225. The summed E-state index contributed by atoms with van der Waals surface area (Å²) >= 11 is 1.96. The van der Waals surface area contributed by atoms with Crippen LogP contribution >= 0.6 is 11.3 Å². The summed E-state index contributed by atoms with van der Waals surface area (Å²) in [6.45, 7) is 18.0. The van der Waals surface area contributed by atoms with Crippen LogP contribution in [0.5, 0.6) is 0 Å². The minimum Gasteiger partial charge on any atom is -0.323 e. The summed E-state index contributed by atoms with van der Waals surface area (Å²) < 4.78 is 1.40. The molecule has 1 nitrogen and oxygen atoms in total. The number of hydrogen-bond donors (Lipinski definition) is 1. The van der Waals surface area contributed by atoms with Crippen LogP contribution in [0.15, 0.2) is 73.8 Å². The predicted octanol–water partition coefficient (Wildman–Crippen LogP) is 11.1. The smallest absolute Gasteiger partial charge is 0.0354 e. The average molecular weight is 564 g/mol. The molecule has 1 atom stereocenters. The molecule has 1 unspecified atom stereocenters. The summed E-state index contributed by atoms with van der Waals surface area (Å²) in [6, 6.07) is 22.7. The Morgan fingerprint density at radius 3 is 2.24 bits per heavy atom. The summed E-state index contributed by atoms with van der Waals surface area (Å²) in [5, 5.41) is 4.18. The van der Waals surface area contributed by atoms with E-state index in [0.29, 0.717) is 11.8 Å². The highest BCUT2D eigenvalue weighted by molar-refractivity contribution is 7.20. The zero-order valence-electron chi connectivity index (χ0n) is 26.2. The molecule has 1 aliphatic rings. The summed E-state index contributed by atoms with van der Waals surface area (Å²) in [4.78, 5) is 1.42. The van der Waals surface area contributed by atoms with Crippen LogP contribution in [-0.4, -0.2) is 14.1 Å². The van der Waals surface area contributed by atoms with Crippen molar-refractivity contribution in [3.05, 3.63) is 107 Å². The van der Waals surface area contributed by atoms with E-state index in [2.05, 4.69) is 100 Å². The molecule has 41 heavy (non-hydrogen) atoms. The fourth-order valence-corrected chi connectivity index (χ4v) is 7.95. The second-order valence-electron chi connectivity index (χ2n) is 11.9. The molecular formula is C39H49NS. The molecule has 1 N–H and O–H groups in total. The van der Waals surface area contributed by atoms with Gasteiger partial charge in [0.05, 0.1) is 0 Å². The molecule has 0 amide bonds. The van der Waals surface area contributed by atoms with E-state index in [1.54, 1.807) is 0 Å². The molecule has 0 aliphatic heterocycles. The summed E-state index contributed by atoms with van der Waals surface area (Å²) in [6.07, 6.45) is 8.88. The van der Waals surface area contributed by atoms with Crippen LogP contribution in [0.2, 0.25) is 0 Å². The molecule has 1 saturated carbocycles. The maximum absolute atomic E-state index is 4.85. The highest BCUT2D eigenvalue weighted by Crippen LogP contribution is 2.45. The minimum atomic E-state index is 0.477. The first-order valence-electron chi connectivity index (χ1n) is 15.4. The van der Waals surface area contributed by atoms with Crippen LogP contribution in [-0.2, 0) is 12.8 Å². The van der Waals surface area contributed by atoms with Gasteiger partial charge in [-0.3, -0.25) is 0 Å². The Bertz CT molecular complexity index is 1500. The van der Waals surface area contributed by atoms with Crippen LogP contribution in [0.1, 0.15) is 78.6 Å². The van der Waals surface area contributed by atoms with Crippen LogP contribution in [0.25, 0.3) is 32.4 Å². The Hall–Kier alpha value is -2.94. The molecule has 0 bridgehead atoms. The van der Waals surface area contributed by atoms with Crippen molar-refractivity contribution >= 4 is 32.6 Å². The fourth-order valence-electron chi connectivity index (χ4n) is 6.63. The Kier molecular flexibility index (Phi) is 10.8. The molecule has 4 aromatic rings. The second kappa shape index (κ2) is 14.3. The van der Waals surface area contributed by atoms with E-state index >= 15 is 0 Å². The van der Waals surface area contributed by atoms with E-state index < -0.39 is 0 Å². The first-order chi connectivity index (χ1) is 19.8. The highest BCUT2D eigenvalue weighted by atomic mass is 32.1. The molecule has 0 saturated heterocycles. The van der Waals surface area contributed by atoms with Gasteiger partial charge in [0.15, 0.2) is 0 Å². The molecule has 5 rings (SSSR count). The largest absolute Gasteiger partial charge is 0.323 e. The molecule has 0 spiro atoms. The standard InChI is InChI=1S/C37H42S.C2H7N/c1-7-28-19-20-32(31-17-12-16-30(21-31)24(2)3)22-33(28)23-34(29-14-9-8-10-15-29)26(5)37-27(6)36-25(4)13-11-18-35(36)38-37;1-3-2/h11-13,16-22,29,34H,2,5,7-10,14-15,23H2,1,3-4,6H3;3H,1-2H3. The molecule has 1 aliphatic carbocycles. The number of fused-ring (bicyclic) bond motifs is 1. The Labute approximate surface area is 253 Å². The van der Waals surface area contributed by atoms with Gasteiger partial charge in [0.2, 0.25) is 0 Å². The number of nitrogens with one attached hydrogen (secondary N) is 1. The number of aryl methyl sites for hydroxylation is 3. The van der Waals surface area contributed by atoms with Crippen molar-refractivity contribution in [2.24, 2.45) is 11.8 Å². The number of rotatable bonds is 8. The van der Waals surface area contributed by atoms with Crippen LogP contribution in [0.4, 0.5) is 0 Å². The summed E-state index contributed by atoms with van der Waals surface area (Å²) in [5.41, 5.74) is 12.1. The first kappa shape index (κ1) is 31.0. The Morgan fingerprint density at radius 1 is 0.902 bits per heavy atom. The molecule has 3 aromatic carbocycles. The van der Waals surface area contributed by atoms with Crippen LogP contribution < -0.4 is 5.32 Å². The normalized spacial score (nSPS) is 14.4. The van der Waals surface area contributed by atoms with Gasteiger partial charge in [-0.05, 0) is 134 Å². The van der Waals surface area contributed by atoms with Crippen molar-refractivity contribution in [3.8, 4) is 11.1 Å². The monoisotopic (exact) mass is 563 g/mol. The second-order valence-corrected chi connectivity index (χ2v) is 13.0. The molecule has 1 fully saturated rings. The maximum atomic E-state index is 4.85. The van der Waals surface area contributed by atoms with E-state index in [1.165, 1.54) is 91.6 Å². The first-order valence-corrected chi connectivity index (χ1v) is 16.2. The zero-order valence-corrected chi connectivity index (χ0v) is 27.0. The topological polar surface area (TPSA) is 12.0 Å². The van der Waals surface area contributed by atoms with Crippen molar-refractivity contribution in [3.63, 3.8) is 0 Å². The van der Waals surface area contributed by atoms with Crippen molar-refractivity contribution < 1.29 is 0 Å². The van der Waals surface area contributed by atoms with Crippen LogP contribution in [0, 0.1) is 25.7 Å². The molecule has 216 valence electrons. The SMILES string of the molecule is C=C(C)c1cccc(-c2ccc(CC)c(CC(C(=C)c3sc4cccc(C)c4c3C)C3CCCCC3)c2)c1.CNC. The van der Waals surface area contributed by atoms with Gasteiger partial charge in [0.1, 0.15) is 0 Å². The van der Waals surface area contributed by atoms with E-state index in [0.717, 1.165) is 18.4 Å². The average Bonchev–Trinajstić information content (AvgIpc) is 3.33. The van der Waals surface area contributed by atoms with Crippen molar-refractivity contribution in [1.29, 1.82) is 0 Å². The lowest BCUT2D eigenvalue weighted by Crippen LogP contribution is -2.22. The number of thiophene rings is 1. The van der Waals surface area contributed by atoms with Gasteiger partial charge in [-0.15, -0.1) is 11.3 Å². The lowest BCUT2D eigenvalue weighted by molar-refractivity contribution is 0.291. The Morgan fingerprint density at radius 2 is 1.59 bits per heavy atom. The fraction of sp³-hybridized carbons (Fsp3) is 0.385. The Balaban J connectivity index is 0.00000124. The number of benzene rings is 3. The maximum Gasteiger partial charge on any atom is 0.0354 e. The highest BCUT2D eigenvalue weighted by Gasteiger charge is 2.29. The van der Waals surface area contributed by atoms with E-state index in [4.69, 9.17) is 6.58 Å². The van der Waals surface area contributed by atoms with E-state index in [9.17, 15) is 0 Å². The third-order valence-corrected chi connectivity index (χ3v) is 10.2. The van der Waals surface area contributed by atoms with Gasteiger partial charge in [0, 0.05) is 9.58 Å². The minimum absolute atomic E-state index is 0.477. The van der Waals surface area contributed by atoms with Gasteiger partial charge < -0.3 is 5.32 Å². The van der Waals surface area contributed by atoms with Gasteiger partial charge >= 0.3 is 0 Å². The summed E-state index contributed by atoms with van der Waals surface area (Å²) in [5.74, 6) is 1.19. The van der Waals surface area contributed by atoms with Gasteiger partial charge in [-0.1, -0.05) is 93.4 Å². The zero-order chi connectivity index (χ0) is 29.5. The lowest BCUT2D eigenvalue weighted by Gasteiger charge is -2.32.